The van der Waals surface area contributed by atoms with Crippen molar-refractivity contribution in [2.24, 2.45) is 0 Å². The molecule has 1 N–H and O–H groups in total. The molecule has 0 aromatic heterocycles. The van der Waals surface area contributed by atoms with Gasteiger partial charge in [-0.25, -0.2) is 0 Å². The third kappa shape index (κ3) is 3.64. The Kier molecular flexibility index (Phi) is 5.68. The zero-order valence-corrected chi connectivity index (χ0v) is 12.8. The molecule has 1 heterocycles. The first-order valence-electron chi connectivity index (χ1n) is 7.44. The summed E-state index contributed by atoms with van der Waals surface area (Å²) in [7, 11) is 3.38. The van der Waals surface area contributed by atoms with Crippen molar-refractivity contribution >= 4 is 0 Å². The van der Waals surface area contributed by atoms with Crippen LogP contribution in [0.25, 0.3) is 0 Å². The summed E-state index contributed by atoms with van der Waals surface area (Å²) < 4.78 is 10.6. The number of ether oxygens (including phenoxy) is 2. The lowest BCUT2D eigenvalue weighted by atomic mass is 10.1. The van der Waals surface area contributed by atoms with Gasteiger partial charge < -0.3 is 14.8 Å². The highest BCUT2D eigenvalue weighted by molar-refractivity contribution is 5.40. The largest absolute Gasteiger partial charge is 0.497 e. The van der Waals surface area contributed by atoms with Gasteiger partial charge >= 0.3 is 0 Å². The summed E-state index contributed by atoms with van der Waals surface area (Å²) in [6.45, 7) is 6.52. The van der Waals surface area contributed by atoms with Crippen molar-refractivity contribution in [3.8, 4) is 11.5 Å². The SMILES string of the molecule is CCN1CCCC1CNCc1ccc(OC)cc1OC. The molecule has 1 fully saturated rings. The number of nitrogens with one attached hydrogen (secondary N) is 1. The topological polar surface area (TPSA) is 33.7 Å². The molecule has 4 nitrogen and oxygen atoms in total. The van der Waals surface area contributed by atoms with Gasteiger partial charge in [-0.05, 0) is 32.0 Å². The fourth-order valence-electron chi connectivity index (χ4n) is 2.91. The maximum absolute atomic E-state index is 5.42. The summed E-state index contributed by atoms with van der Waals surface area (Å²) in [5.74, 6) is 1.72. The van der Waals surface area contributed by atoms with Crippen LogP contribution in [0.1, 0.15) is 25.3 Å². The van der Waals surface area contributed by atoms with E-state index in [9.17, 15) is 0 Å². The lowest BCUT2D eigenvalue weighted by Gasteiger charge is -2.23. The molecule has 20 heavy (non-hydrogen) atoms. The number of likely N-dealkylation sites (tertiary alicyclic amines) is 1. The van der Waals surface area contributed by atoms with Crippen molar-refractivity contribution in [1.29, 1.82) is 0 Å². The maximum Gasteiger partial charge on any atom is 0.127 e. The summed E-state index contributed by atoms with van der Waals surface area (Å²) in [5.41, 5.74) is 1.18. The summed E-state index contributed by atoms with van der Waals surface area (Å²) >= 11 is 0. The molecular formula is C16H26N2O2. The number of hydrogen-bond donors (Lipinski definition) is 1. The Bertz CT molecular complexity index is 423. The molecule has 1 aliphatic heterocycles. The van der Waals surface area contributed by atoms with Crippen LogP contribution in [0.3, 0.4) is 0 Å². The smallest absolute Gasteiger partial charge is 0.127 e. The van der Waals surface area contributed by atoms with Crippen molar-refractivity contribution in [1.82, 2.24) is 10.2 Å². The zero-order valence-electron chi connectivity index (χ0n) is 12.8. The molecule has 2 rings (SSSR count). The molecule has 0 radical (unpaired) electrons. The van der Waals surface area contributed by atoms with Crippen molar-refractivity contribution in [2.45, 2.75) is 32.4 Å². The lowest BCUT2D eigenvalue weighted by Crippen LogP contribution is -2.37. The molecule has 0 amide bonds. The lowest BCUT2D eigenvalue weighted by molar-refractivity contribution is 0.259. The molecule has 1 aromatic carbocycles. The van der Waals surface area contributed by atoms with Crippen LogP contribution in [-0.4, -0.2) is 44.8 Å². The van der Waals surface area contributed by atoms with Crippen LogP contribution in [0.5, 0.6) is 11.5 Å². The van der Waals surface area contributed by atoms with Crippen LogP contribution >= 0.6 is 0 Å². The minimum absolute atomic E-state index is 0.684. The molecule has 1 aromatic rings. The van der Waals surface area contributed by atoms with Crippen LogP contribution in [0.4, 0.5) is 0 Å². The predicted octanol–water partition coefficient (Wildman–Crippen LogP) is 2.28. The molecular weight excluding hydrogens is 252 g/mol. The third-order valence-corrected chi connectivity index (χ3v) is 4.09. The fraction of sp³-hybridized carbons (Fsp3) is 0.625. The second kappa shape index (κ2) is 7.50. The summed E-state index contributed by atoms with van der Waals surface area (Å²) in [6, 6.07) is 6.67. The minimum atomic E-state index is 0.684. The van der Waals surface area contributed by atoms with Crippen molar-refractivity contribution < 1.29 is 9.47 Å². The monoisotopic (exact) mass is 278 g/mol. The molecule has 1 saturated heterocycles. The molecule has 4 heteroatoms. The second-order valence-corrected chi connectivity index (χ2v) is 5.23. The van der Waals surface area contributed by atoms with E-state index in [1.165, 1.54) is 24.9 Å². The van der Waals surface area contributed by atoms with Gasteiger partial charge in [0.05, 0.1) is 14.2 Å². The fourth-order valence-corrected chi connectivity index (χ4v) is 2.91. The van der Waals surface area contributed by atoms with Gasteiger partial charge in [0.1, 0.15) is 11.5 Å². The Hall–Kier alpha value is -1.26. The van der Waals surface area contributed by atoms with Gasteiger partial charge in [-0.3, -0.25) is 4.90 Å². The first-order valence-corrected chi connectivity index (χ1v) is 7.44. The highest BCUT2D eigenvalue weighted by Crippen LogP contribution is 2.24. The highest BCUT2D eigenvalue weighted by atomic mass is 16.5. The van der Waals surface area contributed by atoms with Gasteiger partial charge in [0.2, 0.25) is 0 Å². The van der Waals surface area contributed by atoms with Gasteiger partial charge in [-0.2, -0.15) is 0 Å². The second-order valence-electron chi connectivity index (χ2n) is 5.23. The average molecular weight is 278 g/mol. The number of benzene rings is 1. The van der Waals surface area contributed by atoms with E-state index in [2.05, 4.69) is 23.2 Å². The van der Waals surface area contributed by atoms with Gasteiger partial charge in [-0.15, -0.1) is 0 Å². The van der Waals surface area contributed by atoms with E-state index in [0.717, 1.165) is 31.1 Å². The number of likely N-dealkylation sites (N-methyl/N-ethyl adjacent to an activating group) is 1. The van der Waals surface area contributed by atoms with Gasteiger partial charge in [0, 0.05) is 30.8 Å². The molecule has 0 saturated carbocycles. The molecule has 112 valence electrons. The number of hydrogen-bond acceptors (Lipinski definition) is 4. The molecule has 1 unspecified atom stereocenters. The molecule has 0 bridgehead atoms. The van der Waals surface area contributed by atoms with Crippen LogP contribution in [0.2, 0.25) is 0 Å². The number of nitrogens with zero attached hydrogens (tertiary/aromatic N) is 1. The molecule has 0 aliphatic carbocycles. The number of rotatable bonds is 7. The van der Waals surface area contributed by atoms with Crippen molar-refractivity contribution in [3.05, 3.63) is 23.8 Å². The first kappa shape index (κ1) is 15.1. The minimum Gasteiger partial charge on any atom is -0.497 e. The van der Waals surface area contributed by atoms with E-state index in [4.69, 9.17) is 9.47 Å². The van der Waals surface area contributed by atoms with Crippen molar-refractivity contribution in [2.75, 3.05) is 33.9 Å². The zero-order chi connectivity index (χ0) is 14.4. The Morgan fingerprint density at radius 3 is 2.85 bits per heavy atom. The van der Waals surface area contributed by atoms with E-state index in [1.807, 2.05) is 12.1 Å². The molecule has 1 atom stereocenters. The van der Waals surface area contributed by atoms with Gasteiger partial charge in [0.25, 0.3) is 0 Å². The van der Waals surface area contributed by atoms with Gasteiger partial charge in [-0.1, -0.05) is 13.0 Å². The van der Waals surface area contributed by atoms with E-state index in [0.29, 0.717) is 6.04 Å². The van der Waals surface area contributed by atoms with Crippen molar-refractivity contribution in [3.63, 3.8) is 0 Å². The molecule has 1 aliphatic rings. The van der Waals surface area contributed by atoms with Gasteiger partial charge in [0.15, 0.2) is 0 Å². The Labute approximate surface area is 122 Å². The van der Waals surface area contributed by atoms with Crippen LogP contribution in [0, 0.1) is 0 Å². The highest BCUT2D eigenvalue weighted by Gasteiger charge is 2.22. The van der Waals surface area contributed by atoms with E-state index in [1.54, 1.807) is 14.2 Å². The van der Waals surface area contributed by atoms with Crippen LogP contribution < -0.4 is 14.8 Å². The quantitative estimate of drug-likeness (QED) is 0.829. The van der Waals surface area contributed by atoms with Crippen LogP contribution in [-0.2, 0) is 6.54 Å². The van der Waals surface area contributed by atoms with E-state index < -0.39 is 0 Å². The Morgan fingerprint density at radius 2 is 2.15 bits per heavy atom. The Balaban J connectivity index is 1.87. The maximum atomic E-state index is 5.42. The average Bonchev–Trinajstić information content (AvgIpc) is 2.95. The van der Waals surface area contributed by atoms with E-state index in [-0.39, 0.29) is 0 Å². The third-order valence-electron chi connectivity index (χ3n) is 4.09. The normalized spacial score (nSPS) is 19.2. The summed E-state index contributed by atoms with van der Waals surface area (Å²) in [4.78, 5) is 2.55. The summed E-state index contributed by atoms with van der Waals surface area (Å²) in [6.07, 6.45) is 2.63. The number of methoxy groups -OCH3 is 2. The molecule has 0 spiro atoms. The standard InChI is InChI=1S/C16H26N2O2/c1-4-18-9-5-6-14(18)12-17-11-13-7-8-15(19-2)10-16(13)20-3/h7-8,10,14,17H,4-6,9,11-12H2,1-3H3. The first-order chi connectivity index (χ1) is 9.78. The Morgan fingerprint density at radius 1 is 1.30 bits per heavy atom. The van der Waals surface area contributed by atoms with E-state index >= 15 is 0 Å². The summed E-state index contributed by atoms with van der Waals surface area (Å²) in [5, 5.41) is 3.56. The predicted molar refractivity (Wildman–Crippen MR) is 81.5 cm³/mol. The van der Waals surface area contributed by atoms with Crippen LogP contribution in [0.15, 0.2) is 18.2 Å².